The van der Waals surface area contributed by atoms with E-state index in [-0.39, 0.29) is 12.1 Å². The van der Waals surface area contributed by atoms with Crippen LogP contribution < -0.4 is 5.32 Å². The number of morpholine rings is 1. The number of ether oxygens (including phenoxy) is 1. The first-order valence-electron chi connectivity index (χ1n) is 8.88. The smallest absolute Gasteiger partial charge is 0.159 e. The van der Waals surface area contributed by atoms with E-state index in [2.05, 4.69) is 38.5 Å². The van der Waals surface area contributed by atoms with Crippen LogP contribution >= 0.6 is 0 Å². The molecule has 1 N–H and O–H groups in total. The van der Waals surface area contributed by atoms with E-state index < -0.39 is 0 Å². The maximum absolute atomic E-state index is 6.13. The predicted octanol–water partition coefficient (Wildman–Crippen LogP) is 1.49. The first-order chi connectivity index (χ1) is 12.6. The van der Waals surface area contributed by atoms with Crippen LogP contribution in [0.5, 0.6) is 0 Å². The zero-order valence-corrected chi connectivity index (χ0v) is 15.7. The third-order valence-corrected chi connectivity index (χ3v) is 5.16. The van der Waals surface area contributed by atoms with Crippen LogP contribution in [-0.2, 0) is 18.8 Å². The van der Waals surface area contributed by atoms with Crippen LogP contribution in [0.15, 0.2) is 24.5 Å². The quantitative estimate of drug-likeness (QED) is 0.764. The Morgan fingerprint density at radius 3 is 2.81 bits per heavy atom. The van der Waals surface area contributed by atoms with Gasteiger partial charge in [-0.2, -0.15) is 10.2 Å². The molecule has 1 saturated heterocycles. The third kappa shape index (κ3) is 2.85. The van der Waals surface area contributed by atoms with Crippen LogP contribution in [0.1, 0.15) is 17.4 Å². The SMILES string of the molecule is Cc1nn(C)c2nccc(NC[C@@H]3OCCN(C)[C@H]3c3ccnn3C)c12. The Labute approximate surface area is 152 Å². The molecule has 8 nitrogen and oxygen atoms in total. The van der Waals surface area contributed by atoms with Gasteiger partial charge < -0.3 is 10.1 Å². The monoisotopic (exact) mass is 355 g/mol. The highest BCUT2D eigenvalue weighted by molar-refractivity contribution is 5.91. The molecule has 1 aliphatic heterocycles. The van der Waals surface area contributed by atoms with Gasteiger partial charge in [0, 0.05) is 45.3 Å². The van der Waals surface area contributed by atoms with Crippen molar-refractivity contribution in [1.29, 1.82) is 0 Å². The number of hydrogen-bond donors (Lipinski definition) is 1. The lowest BCUT2D eigenvalue weighted by Gasteiger charge is -2.39. The Bertz CT molecular complexity index is 916. The second-order valence-electron chi connectivity index (χ2n) is 6.86. The van der Waals surface area contributed by atoms with Gasteiger partial charge in [-0.25, -0.2) is 4.98 Å². The van der Waals surface area contributed by atoms with Crippen LogP contribution in [0.4, 0.5) is 5.69 Å². The van der Waals surface area contributed by atoms with Gasteiger partial charge in [0.15, 0.2) is 5.65 Å². The number of hydrogen-bond acceptors (Lipinski definition) is 6. The van der Waals surface area contributed by atoms with E-state index in [1.54, 1.807) is 0 Å². The number of likely N-dealkylation sites (N-methyl/N-ethyl adjacent to an activating group) is 1. The van der Waals surface area contributed by atoms with Gasteiger partial charge in [-0.1, -0.05) is 0 Å². The molecule has 4 heterocycles. The maximum Gasteiger partial charge on any atom is 0.159 e. The fourth-order valence-electron chi connectivity index (χ4n) is 3.86. The number of rotatable bonds is 4. The first kappa shape index (κ1) is 17.0. The zero-order chi connectivity index (χ0) is 18.3. The highest BCUT2D eigenvalue weighted by Crippen LogP contribution is 2.29. The summed E-state index contributed by atoms with van der Waals surface area (Å²) < 4.78 is 9.88. The third-order valence-electron chi connectivity index (χ3n) is 5.16. The van der Waals surface area contributed by atoms with Crippen molar-refractivity contribution in [3.8, 4) is 0 Å². The molecule has 1 fully saturated rings. The maximum atomic E-state index is 6.13. The second-order valence-corrected chi connectivity index (χ2v) is 6.86. The highest BCUT2D eigenvalue weighted by Gasteiger charge is 2.33. The summed E-state index contributed by atoms with van der Waals surface area (Å²) in [5.74, 6) is 0. The topological polar surface area (TPSA) is 73.0 Å². The van der Waals surface area contributed by atoms with Crippen molar-refractivity contribution in [1.82, 2.24) is 29.4 Å². The van der Waals surface area contributed by atoms with Crippen LogP contribution in [0.3, 0.4) is 0 Å². The number of pyridine rings is 1. The number of anilines is 1. The minimum Gasteiger partial charge on any atom is -0.382 e. The van der Waals surface area contributed by atoms with Gasteiger partial charge in [-0.15, -0.1) is 0 Å². The van der Waals surface area contributed by atoms with E-state index in [0.717, 1.165) is 41.3 Å². The Kier molecular flexibility index (Phi) is 4.37. The van der Waals surface area contributed by atoms with Crippen molar-refractivity contribution in [2.45, 2.75) is 19.1 Å². The van der Waals surface area contributed by atoms with Crippen LogP contribution in [0, 0.1) is 6.92 Å². The van der Waals surface area contributed by atoms with E-state index in [4.69, 9.17) is 4.74 Å². The molecule has 8 heteroatoms. The van der Waals surface area contributed by atoms with E-state index in [1.807, 2.05) is 48.8 Å². The standard InChI is InChI=1S/C18H25N7O/c1-12-16-13(5-7-19-18(16)25(4)22-12)20-11-15-17(23(2)9-10-26-15)14-6-8-21-24(14)3/h5-8,15,17H,9-11H2,1-4H3,(H,19,20)/t15-,17-/m0/s1. The van der Waals surface area contributed by atoms with E-state index in [1.165, 1.54) is 0 Å². The number of nitrogens with zero attached hydrogens (tertiary/aromatic N) is 6. The van der Waals surface area contributed by atoms with Gasteiger partial charge in [-0.3, -0.25) is 14.3 Å². The fourth-order valence-corrected chi connectivity index (χ4v) is 3.86. The fraction of sp³-hybridized carbons (Fsp3) is 0.500. The summed E-state index contributed by atoms with van der Waals surface area (Å²) in [4.78, 5) is 6.78. The van der Waals surface area contributed by atoms with Gasteiger partial charge in [0.05, 0.1) is 35.5 Å². The molecule has 0 spiro atoms. The molecular weight excluding hydrogens is 330 g/mol. The number of aromatic nitrogens is 5. The average Bonchev–Trinajstić information content (AvgIpc) is 3.17. The van der Waals surface area contributed by atoms with Crippen LogP contribution in [0.2, 0.25) is 0 Å². The number of aryl methyl sites for hydroxylation is 3. The van der Waals surface area contributed by atoms with Gasteiger partial charge in [0.1, 0.15) is 0 Å². The van der Waals surface area contributed by atoms with Crippen molar-refractivity contribution in [3.05, 3.63) is 35.9 Å². The molecule has 3 aromatic rings. The Morgan fingerprint density at radius 2 is 2.04 bits per heavy atom. The van der Waals surface area contributed by atoms with Gasteiger partial charge in [0.2, 0.25) is 0 Å². The predicted molar refractivity (Wildman–Crippen MR) is 100 cm³/mol. The van der Waals surface area contributed by atoms with Crippen LogP contribution in [-0.4, -0.2) is 62.3 Å². The van der Waals surface area contributed by atoms with Crippen molar-refractivity contribution in [2.75, 3.05) is 32.1 Å². The van der Waals surface area contributed by atoms with E-state index >= 15 is 0 Å². The summed E-state index contributed by atoms with van der Waals surface area (Å²) in [5, 5.41) is 13.5. The molecule has 0 bridgehead atoms. The molecule has 138 valence electrons. The summed E-state index contributed by atoms with van der Waals surface area (Å²) in [5.41, 5.74) is 4.07. The molecule has 0 aliphatic carbocycles. The number of nitrogens with one attached hydrogen (secondary N) is 1. The Balaban J connectivity index is 1.59. The Hall–Kier alpha value is -2.45. The lowest BCUT2D eigenvalue weighted by Crippen LogP contribution is -2.46. The molecule has 1 aliphatic rings. The van der Waals surface area contributed by atoms with Crippen molar-refractivity contribution in [2.24, 2.45) is 14.1 Å². The van der Waals surface area contributed by atoms with Crippen molar-refractivity contribution >= 4 is 16.7 Å². The zero-order valence-electron chi connectivity index (χ0n) is 15.7. The van der Waals surface area contributed by atoms with Gasteiger partial charge >= 0.3 is 0 Å². The molecule has 4 rings (SSSR count). The summed E-state index contributed by atoms with van der Waals surface area (Å²) in [7, 11) is 6.04. The van der Waals surface area contributed by atoms with E-state index in [0.29, 0.717) is 6.54 Å². The van der Waals surface area contributed by atoms with Crippen molar-refractivity contribution in [3.63, 3.8) is 0 Å². The average molecular weight is 355 g/mol. The molecule has 0 saturated carbocycles. The Morgan fingerprint density at radius 1 is 1.19 bits per heavy atom. The second kappa shape index (κ2) is 6.69. The summed E-state index contributed by atoms with van der Waals surface area (Å²) in [6.45, 7) is 4.36. The lowest BCUT2D eigenvalue weighted by atomic mass is 10.0. The van der Waals surface area contributed by atoms with Gasteiger partial charge in [-0.05, 0) is 26.1 Å². The number of fused-ring (bicyclic) bond motifs is 1. The van der Waals surface area contributed by atoms with Crippen LogP contribution in [0.25, 0.3) is 11.0 Å². The molecule has 0 amide bonds. The lowest BCUT2D eigenvalue weighted by molar-refractivity contribution is -0.0581. The summed E-state index contributed by atoms with van der Waals surface area (Å²) in [6.07, 6.45) is 3.69. The summed E-state index contributed by atoms with van der Waals surface area (Å²) in [6, 6.07) is 4.23. The molecule has 3 aromatic heterocycles. The largest absolute Gasteiger partial charge is 0.382 e. The molecule has 0 aromatic carbocycles. The molecule has 0 radical (unpaired) electrons. The van der Waals surface area contributed by atoms with Gasteiger partial charge in [0.25, 0.3) is 0 Å². The highest BCUT2D eigenvalue weighted by atomic mass is 16.5. The minimum atomic E-state index is 0.0318. The normalized spacial score (nSPS) is 21.4. The van der Waals surface area contributed by atoms with E-state index in [9.17, 15) is 0 Å². The summed E-state index contributed by atoms with van der Waals surface area (Å²) >= 11 is 0. The minimum absolute atomic E-state index is 0.0318. The molecular formula is C18H25N7O. The molecule has 2 atom stereocenters. The van der Waals surface area contributed by atoms with Crippen molar-refractivity contribution < 1.29 is 4.74 Å². The molecule has 26 heavy (non-hydrogen) atoms. The first-order valence-corrected chi connectivity index (χ1v) is 8.88. The molecule has 0 unspecified atom stereocenters.